The Balaban J connectivity index is 1.84. The molecule has 1 aliphatic carbocycles. The van der Waals surface area contributed by atoms with Crippen molar-refractivity contribution in [3.8, 4) is 11.8 Å². The van der Waals surface area contributed by atoms with Crippen LogP contribution in [-0.4, -0.2) is 24.5 Å². The van der Waals surface area contributed by atoms with E-state index in [4.69, 9.17) is 0 Å². The van der Waals surface area contributed by atoms with Gasteiger partial charge in [-0.3, -0.25) is 4.90 Å². The second kappa shape index (κ2) is 3.11. The summed E-state index contributed by atoms with van der Waals surface area (Å²) in [5.41, 5.74) is 0.745. The molecule has 0 bridgehead atoms. The summed E-state index contributed by atoms with van der Waals surface area (Å²) in [7, 11) is 0. The van der Waals surface area contributed by atoms with Crippen molar-refractivity contribution in [2.45, 2.75) is 32.6 Å². The van der Waals surface area contributed by atoms with Crippen molar-refractivity contribution in [3.05, 3.63) is 0 Å². The Labute approximate surface area is 75.1 Å². The van der Waals surface area contributed by atoms with E-state index in [0.717, 1.165) is 12.0 Å². The van der Waals surface area contributed by atoms with Gasteiger partial charge >= 0.3 is 0 Å². The van der Waals surface area contributed by atoms with Crippen LogP contribution in [0.15, 0.2) is 0 Å². The minimum absolute atomic E-state index is 0.745. The van der Waals surface area contributed by atoms with E-state index in [-0.39, 0.29) is 0 Å². The molecular formula is C11H17N. The van der Waals surface area contributed by atoms with Crippen molar-refractivity contribution in [1.82, 2.24) is 4.90 Å². The molecule has 0 N–H and O–H groups in total. The molecule has 1 heteroatoms. The van der Waals surface area contributed by atoms with E-state index in [2.05, 4.69) is 16.7 Å². The highest BCUT2D eigenvalue weighted by Gasteiger charge is 2.42. The second-order valence-corrected chi connectivity index (χ2v) is 4.24. The monoisotopic (exact) mass is 163 g/mol. The molecule has 12 heavy (non-hydrogen) atoms. The molecule has 0 atom stereocenters. The first-order valence-electron chi connectivity index (χ1n) is 4.97. The molecule has 66 valence electrons. The lowest BCUT2D eigenvalue weighted by atomic mass is 9.68. The molecule has 1 saturated heterocycles. The molecule has 1 aliphatic heterocycles. The van der Waals surface area contributed by atoms with Gasteiger partial charge in [0.2, 0.25) is 0 Å². The highest BCUT2D eigenvalue weighted by molar-refractivity contribution is 5.02. The van der Waals surface area contributed by atoms with E-state index in [0.29, 0.717) is 0 Å². The quantitative estimate of drug-likeness (QED) is 0.533. The third-order valence-corrected chi connectivity index (χ3v) is 3.41. The Hall–Kier alpha value is -0.480. The van der Waals surface area contributed by atoms with Gasteiger partial charge in [0.15, 0.2) is 0 Å². The maximum absolute atomic E-state index is 3.15. The van der Waals surface area contributed by atoms with Crippen molar-refractivity contribution in [2.24, 2.45) is 5.41 Å². The molecule has 0 amide bonds. The van der Waals surface area contributed by atoms with Crippen LogP contribution in [-0.2, 0) is 0 Å². The van der Waals surface area contributed by atoms with Crippen molar-refractivity contribution in [1.29, 1.82) is 0 Å². The summed E-state index contributed by atoms with van der Waals surface area (Å²) in [6.07, 6.45) is 5.85. The van der Waals surface area contributed by atoms with Crippen LogP contribution in [0.2, 0.25) is 0 Å². The fraction of sp³-hybridized carbons (Fsp3) is 0.818. The molecular weight excluding hydrogens is 146 g/mol. The molecule has 2 fully saturated rings. The van der Waals surface area contributed by atoms with Crippen LogP contribution in [0.3, 0.4) is 0 Å². The van der Waals surface area contributed by atoms with Gasteiger partial charge in [-0.1, -0.05) is 12.3 Å². The van der Waals surface area contributed by atoms with Crippen LogP contribution in [0.1, 0.15) is 32.6 Å². The van der Waals surface area contributed by atoms with Crippen LogP contribution in [0.4, 0.5) is 0 Å². The molecule has 2 aliphatic rings. The topological polar surface area (TPSA) is 3.24 Å². The Morgan fingerprint density at radius 2 is 2.17 bits per heavy atom. The lowest BCUT2D eigenvalue weighted by Crippen LogP contribution is -2.33. The Morgan fingerprint density at radius 1 is 1.33 bits per heavy atom. The summed E-state index contributed by atoms with van der Waals surface area (Å²) in [6, 6.07) is 0. The Bertz CT molecular complexity index is 217. The summed E-state index contributed by atoms with van der Waals surface area (Å²) in [4.78, 5) is 2.51. The number of nitrogens with zero attached hydrogens (tertiary/aromatic N) is 1. The van der Waals surface area contributed by atoms with Gasteiger partial charge in [-0.15, -0.1) is 5.92 Å². The average Bonchev–Trinajstić information content (AvgIpc) is 2.44. The molecule has 1 saturated carbocycles. The van der Waals surface area contributed by atoms with Crippen LogP contribution >= 0.6 is 0 Å². The number of likely N-dealkylation sites (tertiary alicyclic amines) is 1. The molecule has 1 heterocycles. The van der Waals surface area contributed by atoms with Crippen LogP contribution in [0.25, 0.3) is 0 Å². The van der Waals surface area contributed by atoms with Crippen LogP contribution in [0, 0.1) is 17.3 Å². The zero-order valence-corrected chi connectivity index (χ0v) is 7.90. The zero-order chi connectivity index (χ0) is 8.44. The molecule has 0 radical (unpaired) electrons. The van der Waals surface area contributed by atoms with Gasteiger partial charge in [0, 0.05) is 6.54 Å². The van der Waals surface area contributed by atoms with Gasteiger partial charge in [0.1, 0.15) is 0 Å². The zero-order valence-electron chi connectivity index (χ0n) is 7.90. The highest BCUT2D eigenvalue weighted by atomic mass is 15.2. The van der Waals surface area contributed by atoms with E-state index >= 15 is 0 Å². The maximum Gasteiger partial charge on any atom is 0.0601 e. The van der Waals surface area contributed by atoms with E-state index in [1.807, 2.05) is 6.92 Å². The van der Waals surface area contributed by atoms with E-state index < -0.39 is 0 Å². The first-order valence-corrected chi connectivity index (χ1v) is 4.97. The van der Waals surface area contributed by atoms with E-state index in [1.54, 1.807) is 0 Å². The highest BCUT2D eigenvalue weighted by Crippen LogP contribution is 2.47. The van der Waals surface area contributed by atoms with Crippen molar-refractivity contribution in [3.63, 3.8) is 0 Å². The molecule has 0 aromatic carbocycles. The largest absolute Gasteiger partial charge is 0.292 e. The Kier molecular flexibility index (Phi) is 2.11. The van der Waals surface area contributed by atoms with Crippen molar-refractivity contribution in [2.75, 3.05) is 19.6 Å². The van der Waals surface area contributed by atoms with Crippen molar-refractivity contribution >= 4 is 0 Å². The average molecular weight is 163 g/mol. The van der Waals surface area contributed by atoms with Gasteiger partial charge < -0.3 is 0 Å². The number of rotatable bonds is 1. The van der Waals surface area contributed by atoms with Gasteiger partial charge in [0.25, 0.3) is 0 Å². The lowest BCUT2D eigenvalue weighted by molar-refractivity contribution is 0.143. The fourth-order valence-electron chi connectivity index (χ4n) is 2.44. The third kappa shape index (κ3) is 1.36. The smallest absolute Gasteiger partial charge is 0.0601 e. The van der Waals surface area contributed by atoms with Crippen LogP contribution in [0.5, 0.6) is 0 Å². The number of hydrogen-bond acceptors (Lipinski definition) is 1. The van der Waals surface area contributed by atoms with Gasteiger partial charge in [-0.2, -0.15) is 0 Å². The van der Waals surface area contributed by atoms with E-state index in [1.165, 1.54) is 38.8 Å². The maximum atomic E-state index is 3.15. The SMILES string of the molecule is CC#CCN1CCC2(CCC2)C1. The molecule has 0 aromatic rings. The summed E-state index contributed by atoms with van der Waals surface area (Å²) < 4.78 is 0. The van der Waals surface area contributed by atoms with E-state index in [9.17, 15) is 0 Å². The first-order chi connectivity index (χ1) is 5.85. The minimum Gasteiger partial charge on any atom is -0.292 e. The molecule has 2 rings (SSSR count). The van der Waals surface area contributed by atoms with Crippen molar-refractivity contribution < 1.29 is 0 Å². The van der Waals surface area contributed by atoms with Crippen LogP contribution < -0.4 is 0 Å². The fourth-order valence-corrected chi connectivity index (χ4v) is 2.44. The first kappa shape index (κ1) is 8.13. The van der Waals surface area contributed by atoms with Gasteiger partial charge in [-0.05, 0) is 38.1 Å². The standard InChI is InChI=1S/C11H17N/c1-2-3-8-12-9-7-11(10-12)5-4-6-11/h4-10H2,1H3. The minimum atomic E-state index is 0.745. The summed E-state index contributed by atoms with van der Waals surface area (Å²) in [6.45, 7) is 5.53. The third-order valence-electron chi connectivity index (χ3n) is 3.41. The summed E-state index contributed by atoms with van der Waals surface area (Å²) >= 11 is 0. The molecule has 0 aromatic heterocycles. The second-order valence-electron chi connectivity index (χ2n) is 4.24. The Morgan fingerprint density at radius 3 is 2.67 bits per heavy atom. The summed E-state index contributed by atoms with van der Waals surface area (Å²) in [5, 5.41) is 0. The normalized spacial score (nSPS) is 26.4. The molecule has 0 unspecified atom stereocenters. The number of hydrogen-bond donors (Lipinski definition) is 0. The van der Waals surface area contributed by atoms with Gasteiger partial charge in [0.05, 0.1) is 6.54 Å². The lowest BCUT2D eigenvalue weighted by Gasteiger charge is -2.38. The predicted octanol–water partition coefficient (Wildman–Crippen LogP) is 1.89. The summed E-state index contributed by atoms with van der Waals surface area (Å²) in [5.74, 6) is 6.12. The van der Waals surface area contributed by atoms with Gasteiger partial charge in [-0.25, -0.2) is 0 Å². The molecule has 1 nitrogen and oxygen atoms in total. The predicted molar refractivity (Wildman–Crippen MR) is 50.8 cm³/mol. The molecule has 1 spiro atoms.